The molecule has 0 aliphatic heterocycles. The molecular formula is C16H22IN5O. The topological polar surface area (TPSA) is 84.4 Å². The summed E-state index contributed by atoms with van der Waals surface area (Å²) in [6.07, 6.45) is 4.05. The van der Waals surface area contributed by atoms with Crippen molar-refractivity contribution in [3.63, 3.8) is 0 Å². The van der Waals surface area contributed by atoms with Gasteiger partial charge in [-0.15, -0.1) is 24.0 Å². The summed E-state index contributed by atoms with van der Waals surface area (Å²) >= 11 is 0. The Morgan fingerprint density at radius 3 is 2.39 bits per heavy atom. The van der Waals surface area contributed by atoms with Crippen molar-refractivity contribution in [3.8, 4) is 0 Å². The van der Waals surface area contributed by atoms with Gasteiger partial charge in [0, 0.05) is 44.6 Å². The van der Waals surface area contributed by atoms with Crippen molar-refractivity contribution >= 4 is 35.8 Å². The van der Waals surface area contributed by atoms with Crippen molar-refractivity contribution in [1.82, 2.24) is 15.2 Å². The summed E-state index contributed by atoms with van der Waals surface area (Å²) in [4.78, 5) is 15.2. The number of hydrogen-bond donors (Lipinski definition) is 3. The molecule has 1 heterocycles. The minimum atomic E-state index is -0.415. The average Bonchev–Trinajstić information content (AvgIpc) is 3.04. The zero-order valence-corrected chi connectivity index (χ0v) is 15.4. The average molecular weight is 427 g/mol. The van der Waals surface area contributed by atoms with Crippen molar-refractivity contribution in [2.45, 2.75) is 13.1 Å². The normalized spacial score (nSPS) is 10.7. The van der Waals surface area contributed by atoms with Crippen molar-refractivity contribution in [1.29, 1.82) is 0 Å². The molecule has 0 aliphatic rings. The number of carbonyl (C=O) groups excluding carboxylic acids is 1. The zero-order chi connectivity index (χ0) is 15.8. The van der Waals surface area contributed by atoms with Crippen LogP contribution in [0.15, 0.2) is 53.8 Å². The Morgan fingerprint density at radius 1 is 1.17 bits per heavy atom. The van der Waals surface area contributed by atoms with Gasteiger partial charge in [0.15, 0.2) is 5.96 Å². The number of benzene rings is 1. The molecule has 0 unspecified atom stereocenters. The molecule has 4 N–H and O–H groups in total. The largest absolute Gasteiger partial charge is 0.366 e. The van der Waals surface area contributed by atoms with Crippen LogP contribution in [0, 0.1) is 0 Å². The van der Waals surface area contributed by atoms with Crippen LogP contribution >= 0.6 is 24.0 Å². The molecule has 0 saturated carbocycles. The van der Waals surface area contributed by atoms with E-state index in [1.165, 1.54) is 0 Å². The summed E-state index contributed by atoms with van der Waals surface area (Å²) < 4.78 is 2.10. The predicted octanol–water partition coefficient (Wildman–Crippen LogP) is 1.57. The Bertz CT molecular complexity index is 622. The highest BCUT2D eigenvalue weighted by Gasteiger charge is 2.01. The van der Waals surface area contributed by atoms with Crippen LogP contribution in [0.2, 0.25) is 0 Å². The summed E-state index contributed by atoms with van der Waals surface area (Å²) in [5.41, 5.74) is 6.78. The first kappa shape index (κ1) is 19.0. The number of rotatable bonds is 6. The lowest BCUT2D eigenvalue weighted by molar-refractivity contribution is 0.100. The lowest BCUT2D eigenvalue weighted by Crippen LogP contribution is -2.38. The molecule has 0 atom stereocenters. The molecule has 23 heavy (non-hydrogen) atoms. The van der Waals surface area contributed by atoms with E-state index in [9.17, 15) is 4.79 Å². The second-order valence-corrected chi connectivity index (χ2v) is 4.83. The van der Waals surface area contributed by atoms with Crippen LogP contribution in [0.1, 0.15) is 15.9 Å². The van der Waals surface area contributed by atoms with Crippen LogP contribution in [0.5, 0.6) is 0 Å². The number of carbonyl (C=O) groups is 1. The Kier molecular flexibility index (Phi) is 8.17. The van der Waals surface area contributed by atoms with Crippen LogP contribution in [0.3, 0.4) is 0 Å². The minimum Gasteiger partial charge on any atom is -0.366 e. The smallest absolute Gasteiger partial charge is 0.248 e. The molecule has 2 aromatic rings. The fraction of sp³-hybridized carbons (Fsp3) is 0.250. The quantitative estimate of drug-likeness (QED) is 0.372. The number of nitrogens with one attached hydrogen (secondary N) is 2. The van der Waals surface area contributed by atoms with Gasteiger partial charge in [0.1, 0.15) is 0 Å². The molecule has 1 aromatic heterocycles. The minimum absolute atomic E-state index is 0. The maximum absolute atomic E-state index is 11.0. The Labute approximate surface area is 153 Å². The Morgan fingerprint density at radius 2 is 1.83 bits per heavy atom. The fourth-order valence-corrected chi connectivity index (χ4v) is 2.02. The van der Waals surface area contributed by atoms with E-state index in [-0.39, 0.29) is 24.0 Å². The van der Waals surface area contributed by atoms with Gasteiger partial charge in [-0.25, -0.2) is 0 Å². The number of hydrogen-bond acceptors (Lipinski definition) is 2. The van der Waals surface area contributed by atoms with Gasteiger partial charge in [-0.1, -0.05) is 12.1 Å². The van der Waals surface area contributed by atoms with E-state index in [2.05, 4.69) is 20.2 Å². The molecule has 2 rings (SSSR count). The maximum Gasteiger partial charge on any atom is 0.248 e. The molecule has 0 spiro atoms. The van der Waals surface area contributed by atoms with Gasteiger partial charge in [-0.3, -0.25) is 9.79 Å². The second-order valence-electron chi connectivity index (χ2n) is 4.83. The second kappa shape index (κ2) is 9.88. The van der Waals surface area contributed by atoms with Gasteiger partial charge in [0.2, 0.25) is 5.91 Å². The third-order valence-electron chi connectivity index (χ3n) is 3.25. The van der Waals surface area contributed by atoms with Crippen molar-refractivity contribution < 1.29 is 4.79 Å². The third-order valence-corrected chi connectivity index (χ3v) is 3.25. The highest BCUT2D eigenvalue weighted by atomic mass is 127. The van der Waals surface area contributed by atoms with E-state index in [0.717, 1.165) is 24.6 Å². The third kappa shape index (κ3) is 6.31. The lowest BCUT2D eigenvalue weighted by Gasteiger charge is -2.12. The molecule has 0 radical (unpaired) electrons. The lowest BCUT2D eigenvalue weighted by atomic mass is 10.1. The maximum atomic E-state index is 11.0. The first-order valence-corrected chi connectivity index (χ1v) is 7.13. The standard InChI is InChI=1S/C16H21N5O.HI/c1-18-16(19-8-11-21-9-2-3-10-21)20-12-13-4-6-14(7-5-13)15(17)22;/h2-7,9-10H,8,11-12H2,1H3,(H2,17,22)(H2,18,19,20);1H. The van der Waals surface area contributed by atoms with Crippen molar-refractivity contribution in [2.24, 2.45) is 10.7 Å². The van der Waals surface area contributed by atoms with Crippen LogP contribution < -0.4 is 16.4 Å². The van der Waals surface area contributed by atoms with Gasteiger partial charge in [0.25, 0.3) is 0 Å². The highest BCUT2D eigenvalue weighted by molar-refractivity contribution is 14.0. The van der Waals surface area contributed by atoms with E-state index in [0.29, 0.717) is 12.1 Å². The molecular weight excluding hydrogens is 405 g/mol. The van der Waals surface area contributed by atoms with Crippen LogP contribution in [-0.4, -0.2) is 30.0 Å². The first-order chi connectivity index (χ1) is 10.7. The Balaban J connectivity index is 0.00000264. The number of halogens is 1. The molecule has 1 aromatic carbocycles. The number of aromatic nitrogens is 1. The van der Waals surface area contributed by atoms with E-state index in [4.69, 9.17) is 5.73 Å². The Hall–Kier alpha value is -2.03. The van der Waals surface area contributed by atoms with Crippen molar-refractivity contribution in [3.05, 3.63) is 59.9 Å². The summed E-state index contributed by atoms with van der Waals surface area (Å²) in [5.74, 6) is 0.327. The highest BCUT2D eigenvalue weighted by Crippen LogP contribution is 2.03. The fourth-order valence-electron chi connectivity index (χ4n) is 2.02. The van der Waals surface area contributed by atoms with Gasteiger partial charge in [0.05, 0.1) is 0 Å². The molecule has 124 valence electrons. The SMILES string of the molecule is CN=C(NCCn1cccc1)NCc1ccc(C(N)=O)cc1.I. The molecule has 0 fully saturated rings. The van der Waals surface area contributed by atoms with E-state index in [1.54, 1.807) is 19.2 Å². The first-order valence-electron chi connectivity index (χ1n) is 7.13. The molecule has 7 heteroatoms. The number of nitrogens with zero attached hydrogens (tertiary/aromatic N) is 2. The van der Waals surface area contributed by atoms with Crippen molar-refractivity contribution in [2.75, 3.05) is 13.6 Å². The van der Waals surface area contributed by atoms with Crippen LogP contribution in [0.25, 0.3) is 0 Å². The van der Waals surface area contributed by atoms with E-state index < -0.39 is 5.91 Å². The number of aliphatic imine (C=N–C) groups is 1. The molecule has 0 saturated heterocycles. The number of amides is 1. The molecule has 1 amide bonds. The summed E-state index contributed by atoms with van der Waals surface area (Å²) in [6, 6.07) is 11.2. The van der Waals surface area contributed by atoms with Gasteiger partial charge >= 0.3 is 0 Å². The van der Waals surface area contributed by atoms with Gasteiger partial charge < -0.3 is 20.9 Å². The molecule has 0 bridgehead atoms. The predicted molar refractivity (Wildman–Crippen MR) is 103 cm³/mol. The number of guanidine groups is 1. The zero-order valence-electron chi connectivity index (χ0n) is 13.0. The summed E-state index contributed by atoms with van der Waals surface area (Å²) in [5, 5.41) is 6.48. The van der Waals surface area contributed by atoms with E-state index in [1.807, 2.05) is 36.7 Å². The molecule has 6 nitrogen and oxygen atoms in total. The molecule has 0 aliphatic carbocycles. The van der Waals surface area contributed by atoms with Crippen LogP contribution in [-0.2, 0) is 13.1 Å². The summed E-state index contributed by atoms with van der Waals surface area (Å²) in [6.45, 7) is 2.29. The number of primary amides is 1. The van der Waals surface area contributed by atoms with Gasteiger partial charge in [-0.05, 0) is 29.8 Å². The van der Waals surface area contributed by atoms with E-state index >= 15 is 0 Å². The summed E-state index contributed by atoms with van der Waals surface area (Å²) in [7, 11) is 1.74. The monoisotopic (exact) mass is 427 g/mol. The number of nitrogens with two attached hydrogens (primary N) is 1. The van der Waals surface area contributed by atoms with Gasteiger partial charge in [-0.2, -0.15) is 0 Å². The van der Waals surface area contributed by atoms with Crippen LogP contribution in [0.4, 0.5) is 0 Å².